The third-order valence-corrected chi connectivity index (χ3v) is 3.22. The van der Waals surface area contributed by atoms with Crippen LogP contribution >= 0.6 is 11.8 Å². The number of hydrogen-bond acceptors (Lipinski definition) is 2. The Morgan fingerprint density at radius 2 is 1.79 bits per heavy atom. The van der Waals surface area contributed by atoms with E-state index in [1.165, 1.54) is 49.9 Å². The molecule has 0 atom stereocenters. The number of hydrogen-bond donors (Lipinski definition) is 0. The molecule has 0 unspecified atom stereocenters. The van der Waals surface area contributed by atoms with Gasteiger partial charge in [0.2, 0.25) is 0 Å². The number of thioether (sulfide) groups is 1. The Bertz CT molecular complexity index is 115. The van der Waals surface area contributed by atoms with Crippen LogP contribution in [0.1, 0.15) is 45.4 Å². The van der Waals surface area contributed by atoms with Gasteiger partial charge in [-0.15, -0.1) is 0 Å². The molecule has 0 N–H and O–H groups in total. The molecule has 0 saturated carbocycles. The zero-order chi connectivity index (χ0) is 10.5. The second kappa shape index (κ2) is 12.9. The van der Waals surface area contributed by atoms with Gasteiger partial charge in [0.25, 0.3) is 0 Å². The molecule has 0 rings (SSSR count). The summed E-state index contributed by atoms with van der Waals surface area (Å²) >= 11 is 2.05. The van der Waals surface area contributed by atoms with Gasteiger partial charge >= 0.3 is 0 Å². The largest absolute Gasteiger partial charge is 0.502 e. The van der Waals surface area contributed by atoms with E-state index in [0.29, 0.717) is 0 Å². The number of rotatable bonds is 11. The second-order valence-electron chi connectivity index (χ2n) is 3.42. The first kappa shape index (κ1) is 13.9. The molecule has 0 aliphatic heterocycles. The third-order valence-electron chi connectivity index (χ3n) is 2.06. The lowest BCUT2D eigenvalue weighted by molar-refractivity contribution is 0.252. The van der Waals surface area contributed by atoms with Crippen LogP contribution in [0, 0.1) is 0 Å². The lowest BCUT2D eigenvalue weighted by atomic mass is 10.2. The zero-order valence-electron chi connectivity index (χ0n) is 9.46. The van der Waals surface area contributed by atoms with E-state index in [1.54, 1.807) is 0 Å². The molecule has 0 bridgehead atoms. The van der Waals surface area contributed by atoms with Crippen molar-refractivity contribution in [1.82, 2.24) is 0 Å². The first-order valence-electron chi connectivity index (χ1n) is 5.72. The van der Waals surface area contributed by atoms with Crippen molar-refractivity contribution in [1.29, 1.82) is 0 Å². The topological polar surface area (TPSA) is 9.23 Å². The van der Waals surface area contributed by atoms with Crippen molar-refractivity contribution in [2.24, 2.45) is 0 Å². The quantitative estimate of drug-likeness (QED) is 0.377. The first-order valence-corrected chi connectivity index (χ1v) is 6.87. The molecular weight excluding hydrogens is 192 g/mol. The lowest BCUT2D eigenvalue weighted by Gasteiger charge is -2.01. The van der Waals surface area contributed by atoms with Crippen LogP contribution in [0.3, 0.4) is 0 Å². The lowest BCUT2D eigenvalue weighted by Crippen LogP contribution is -1.91. The monoisotopic (exact) mass is 216 g/mol. The molecule has 0 aliphatic rings. The zero-order valence-corrected chi connectivity index (χ0v) is 10.3. The predicted octanol–water partition coefficient (Wildman–Crippen LogP) is 4.24. The van der Waals surface area contributed by atoms with Gasteiger partial charge in [0.15, 0.2) is 0 Å². The fraction of sp³-hybridized carbons (Fsp3) is 0.833. The average molecular weight is 216 g/mol. The molecule has 0 aromatic rings. The molecule has 0 aromatic heterocycles. The summed E-state index contributed by atoms with van der Waals surface area (Å²) in [7, 11) is 0. The van der Waals surface area contributed by atoms with Crippen LogP contribution in [-0.2, 0) is 4.74 Å². The van der Waals surface area contributed by atoms with Crippen LogP contribution < -0.4 is 0 Å². The summed E-state index contributed by atoms with van der Waals surface area (Å²) in [4.78, 5) is 0. The molecule has 14 heavy (non-hydrogen) atoms. The molecule has 2 heteroatoms. The van der Waals surface area contributed by atoms with Gasteiger partial charge < -0.3 is 4.74 Å². The van der Waals surface area contributed by atoms with Gasteiger partial charge in [-0.25, -0.2) is 0 Å². The molecule has 0 aromatic carbocycles. The van der Waals surface area contributed by atoms with Gasteiger partial charge in [0.05, 0.1) is 12.9 Å². The molecule has 0 fully saturated rings. The highest BCUT2D eigenvalue weighted by Crippen LogP contribution is 2.09. The van der Waals surface area contributed by atoms with E-state index in [9.17, 15) is 0 Å². The van der Waals surface area contributed by atoms with Crippen LogP contribution in [0.5, 0.6) is 0 Å². The van der Waals surface area contributed by atoms with E-state index < -0.39 is 0 Å². The summed E-state index contributed by atoms with van der Waals surface area (Å²) in [5.74, 6) is 2.54. The van der Waals surface area contributed by atoms with Crippen molar-refractivity contribution in [2.45, 2.75) is 45.4 Å². The maximum absolute atomic E-state index is 5.04. The highest BCUT2D eigenvalue weighted by atomic mass is 32.2. The summed E-state index contributed by atoms with van der Waals surface area (Å²) in [6.07, 6.45) is 9.61. The van der Waals surface area contributed by atoms with Gasteiger partial charge in [-0.2, -0.15) is 11.8 Å². The van der Waals surface area contributed by atoms with Gasteiger partial charge in [-0.3, -0.25) is 0 Å². The maximum atomic E-state index is 5.04. The maximum Gasteiger partial charge on any atom is 0.0880 e. The number of ether oxygens (including phenoxy) is 1. The van der Waals surface area contributed by atoms with Crippen molar-refractivity contribution in [3.8, 4) is 0 Å². The van der Waals surface area contributed by atoms with Crippen molar-refractivity contribution in [2.75, 3.05) is 18.1 Å². The predicted molar refractivity (Wildman–Crippen MR) is 66.9 cm³/mol. The van der Waals surface area contributed by atoms with Crippen molar-refractivity contribution in [3.63, 3.8) is 0 Å². The van der Waals surface area contributed by atoms with Gasteiger partial charge in [0, 0.05) is 0 Å². The molecule has 84 valence electrons. The molecule has 1 nitrogen and oxygen atoms in total. The summed E-state index contributed by atoms with van der Waals surface area (Å²) < 4.78 is 5.04. The van der Waals surface area contributed by atoms with E-state index in [2.05, 4.69) is 13.5 Å². The minimum Gasteiger partial charge on any atom is -0.502 e. The highest BCUT2D eigenvalue weighted by molar-refractivity contribution is 7.99. The van der Waals surface area contributed by atoms with Crippen LogP contribution in [0.15, 0.2) is 12.8 Å². The fourth-order valence-corrected chi connectivity index (χ4v) is 2.17. The smallest absolute Gasteiger partial charge is 0.0880 e. The molecule has 0 spiro atoms. The van der Waals surface area contributed by atoms with Crippen molar-refractivity contribution in [3.05, 3.63) is 12.8 Å². The Labute approximate surface area is 93.3 Å². The standard InChI is InChI=1S/C12H24OS/c1-3-5-6-7-8-11-14-12-9-10-13-4-2/h4H,2-3,5-12H2,1H3. The first-order chi connectivity index (χ1) is 6.91. The van der Waals surface area contributed by atoms with Crippen molar-refractivity contribution >= 4 is 11.8 Å². The summed E-state index contributed by atoms with van der Waals surface area (Å²) in [5.41, 5.74) is 0. The summed E-state index contributed by atoms with van der Waals surface area (Å²) in [5, 5.41) is 0. The van der Waals surface area contributed by atoms with Crippen molar-refractivity contribution < 1.29 is 4.74 Å². The fourth-order valence-electron chi connectivity index (χ4n) is 1.24. The number of unbranched alkanes of at least 4 members (excludes halogenated alkanes) is 4. The average Bonchev–Trinajstić information content (AvgIpc) is 2.21. The van der Waals surface area contributed by atoms with Gasteiger partial charge in [0.1, 0.15) is 0 Å². The third kappa shape index (κ3) is 11.9. The molecule has 0 heterocycles. The minimum absolute atomic E-state index is 0.826. The van der Waals surface area contributed by atoms with E-state index in [4.69, 9.17) is 4.74 Å². The van der Waals surface area contributed by atoms with E-state index in [0.717, 1.165) is 13.0 Å². The van der Waals surface area contributed by atoms with E-state index in [1.807, 2.05) is 11.8 Å². The summed E-state index contributed by atoms with van der Waals surface area (Å²) in [6, 6.07) is 0. The Morgan fingerprint density at radius 3 is 2.50 bits per heavy atom. The van der Waals surface area contributed by atoms with E-state index in [-0.39, 0.29) is 0 Å². The molecule has 0 amide bonds. The molecule has 0 aliphatic carbocycles. The summed E-state index contributed by atoms with van der Waals surface area (Å²) in [6.45, 7) is 6.59. The van der Waals surface area contributed by atoms with Crippen LogP contribution in [0.2, 0.25) is 0 Å². The van der Waals surface area contributed by atoms with Gasteiger partial charge in [-0.05, 0) is 24.3 Å². The Kier molecular flexibility index (Phi) is 12.8. The minimum atomic E-state index is 0.826. The Morgan fingerprint density at radius 1 is 1.07 bits per heavy atom. The van der Waals surface area contributed by atoms with Gasteiger partial charge in [-0.1, -0.05) is 39.2 Å². The van der Waals surface area contributed by atoms with Crippen LogP contribution in [0.25, 0.3) is 0 Å². The Balaban J connectivity index is 2.81. The second-order valence-corrected chi connectivity index (χ2v) is 4.64. The Hall–Kier alpha value is -0.110. The SMILES string of the molecule is C=COCCCSCCCCCCC. The molecular formula is C12H24OS. The highest BCUT2D eigenvalue weighted by Gasteiger charge is 1.91. The van der Waals surface area contributed by atoms with Crippen LogP contribution in [0.4, 0.5) is 0 Å². The van der Waals surface area contributed by atoms with E-state index >= 15 is 0 Å². The molecule has 0 radical (unpaired) electrons. The van der Waals surface area contributed by atoms with Crippen LogP contribution in [-0.4, -0.2) is 18.1 Å². The molecule has 0 saturated heterocycles. The normalized spacial score (nSPS) is 10.1.